The molecule has 0 saturated carbocycles. The van der Waals surface area contributed by atoms with Gasteiger partial charge >= 0.3 is 0 Å². The van der Waals surface area contributed by atoms with E-state index in [2.05, 4.69) is 49.4 Å². The van der Waals surface area contributed by atoms with Crippen LogP contribution in [0, 0.1) is 0 Å². The van der Waals surface area contributed by atoms with E-state index < -0.39 is 0 Å². The molecule has 2 rings (SSSR count). The van der Waals surface area contributed by atoms with Gasteiger partial charge in [0.05, 0.1) is 13.2 Å². The van der Waals surface area contributed by atoms with Gasteiger partial charge in [0.1, 0.15) is 5.82 Å². The van der Waals surface area contributed by atoms with Gasteiger partial charge in [-0.1, -0.05) is 30.3 Å². The van der Waals surface area contributed by atoms with Gasteiger partial charge in [-0.3, -0.25) is 4.99 Å². The number of aromatic nitrogens is 2. The van der Waals surface area contributed by atoms with Crippen molar-refractivity contribution < 1.29 is 9.47 Å². The molecule has 156 valence electrons. The van der Waals surface area contributed by atoms with Gasteiger partial charge in [0.15, 0.2) is 5.96 Å². The van der Waals surface area contributed by atoms with Crippen molar-refractivity contribution >= 4 is 29.9 Å². The topological polar surface area (TPSA) is 72.7 Å². The predicted molar refractivity (Wildman–Crippen MR) is 124 cm³/mol. The number of halogens is 1. The molecular formula is C20H32IN5O2. The molecular weight excluding hydrogens is 469 g/mol. The minimum Gasteiger partial charge on any atom is -0.382 e. The van der Waals surface area contributed by atoms with E-state index in [9.17, 15) is 0 Å². The second kappa shape index (κ2) is 15.3. The Balaban J connectivity index is 0.00000392. The fourth-order valence-electron chi connectivity index (χ4n) is 2.63. The fraction of sp³-hybridized carbons (Fsp3) is 0.500. The number of benzene rings is 1. The summed E-state index contributed by atoms with van der Waals surface area (Å²) in [5.41, 5.74) is 1.27. The van der Waals surface area contributed by atoms with Gasteiger partial charge < -0.3 is 24.7 Å². The zero-order valence-corrected chi connectivity index (χ0v) is 19.1. The molecule has 2 N–H and O–H groups in total. The molecule has 0 fully saturated rings. The Hall–Kier alpha value is -1.65. The molecule has 7 nitrogen and oxygen atoms in total. The SMILES string of the molecule is CN=C(NCCCOCCOC)NCCc1nccn1Cc1ccccc1.I. The van der Waals surface area contributed by atoms with E-state index >= 15 is 0 Å². The highest BCUT2D eigenvalue weighted by atomic mass is 127. The zero-order chi connectivity index (χ0) is 19.2. The van der Waals surface area contributed by atoms with Crippen LogP contribution in [0.25, 0.3) is 0 Å². The summed E-state index contributed by atoms with van der Waals surface area (Å²) in [5.74, 6) is 1.86. The van der Waals surface area contributed by atoms with E-state index in [1.165, 1.54) is 5.56 Å². The number of methoxy groups -OCH3 is 1. The van der Waals surface area contributed by atoms with E-state index in [1.807, 2.05) is 18.5 Å². The summed E-state index contributed by atoms with van der Waals surface area (Å²) in [6.07, 6.45) is 5.64. The normalized spacial score (nSPS) is 11.1. The second-order valence-corrected chi connectivity index (χ2v) is 6.09. The lowest BCUT2D eigenvalue weighted by atomic mass is 10.2. The van der Waals surface area contributed by atoms with Crippen LogP contribution in [0.5, 0.6) is 0 Å². The predicted octanol–water partition coefficient (Wildman–Crippen LogP) is 2.31. The van der Waals surface area contributed by atoms with E-state index in [0.717, 1.165) is 44.3 Å². The van der Waals surface area contributed by atoms with Gasteiger partial charge in [-0.05, 0) is 12.0 Å². The average Bonchev–Trinajstić information content (AvgIpc) is 3.13. The molecule has 0 amide bonds. The molecule has 0 atom stereocenters. The van der Waals surface area contributed by atoms with Crippen LogP contribution in [0.4, 0.5) is 0 Å². The Morgan fingerprint density at radius 2 is 1.89 bits per heavy atom. The molecule has 0 saturated heterocycles. The van der Waals surface area contributed by atoms with Crippen LogP contribution in [-0.4, -0.2) is 62.6 Å². The van der Waals surface area contributed by atoms with Gasteiger partial charge in [-0.2, -0.15) is 0 Å². The third-order valence-electron chi connectivity index (χ3n) is 4.05. The second-order valence-electron chi connectivity index (χ2n) is 6.09. The van der Waals surface area contributed by atoms with Crippen LogP contribution < -0.4 is 10.6 Å². The van der Waals surface area contributed by atoms with Crippen molar-refractivity contribution in [2.75, 3.05) is 47.1 Å². The van der Waals surface area contributed by atoms with E-state index in [1.54, 1.807) is 14.2 Å². The maximum atomic E-state index is 5.45. The first-order valence-electron chi connectivity index (χ1n) is 9.38. The standard InChI is InChI=1S/C20H31N5O2.HI/c1-21-20(23-10-6-14-27-16-15-26-2)24-11-9-19-22-12-13-25(19)17-18-7-4-3-5-8-18;/h3-5,7-8,12-13H,6,9-11,14-17H2,1-2H3,(H2,21,23,24);1H. The number of nitrogens with zero attached hydrogens (tertiary/aromatic N) is 3. The number of imidazole rings is 1. The Morgan fingerprint density at radius 3 is 2.64 bits per heavy atom. The molecule has 1 aromatic heterocycles. The quantitative estimate of drug-likeness (QED) is 0.202. The van der Waals surface area contributed by atoms with Crippen molar-refractivity contribution in [3.05, 3.63) is 54.1 Å². The number of nitrogens with one attached hydrogen (secondary N) is 2. The maximum Gasteiger partial charge on any atom is 0.190 e. The van der Waals surface area contributed by atoms with Gasteiger partial charge in [0.2, 0.25) is 0 Å². The van der Waals surface area contributed by atoms with Crippen molar-refractivity contribution in [3.8, 4) is 0 Å². The van der Waals surface area contributed by atoms with Crippen molar-refractivity contribution in [2.24, 2.45) is 4.99 Å². The van der Waals surface area contributed by atoms with Gasteiger partial charge in [-0.25, -0.2) is 4.98 Å². The van der Waals surface area contributed by atoms with Crippen LogP contribution in [0.1, 0.15) is 17.8 Å². The Bertz CT molecular complexity index is 664. The summed E-state index contributed by atoms with van der Waals surface area (Å²) in [5, 5.41) is 6.63. The number of guanidine groups is 1. The highest BCUT2D eigenvalue weighted by molar-refractivity contribution is 14.0. The van der Waals surface area contributed by atoms with Gasteiger partial charge in [0, 0.05) is 59.2 Å². The first-order valence-corrected chi connectivity index (χ1v) is 9.38. The smallest absolute Gasteiger partial charge is 0.190 e. The Morgan fingerprint density at radius 1 is 1.11 bits per heavy atom. The van der Waals surface area contributed by atoms with Crippen molar-refractivity contribution in [1.29, 1.82) is 0 Å². The first kappa shape index (κ1) is 24.4. The average molecular weight is 501 g/mol. The summed E-state index contributed by atoms with van der Waals surface area (Å²) in [7, 11) is 3.45. The van der Waals surface area contributed by atoms with Crippen LogP contribution in [-0.2, 0) is 22.4 Å². The fourth-order valence-corrected chi connectivity index (χ4v) is 2.63. The minimum atomic E-state index is 0. The largest absolute Gasteiger partial charge is 0.382 e. The van der Waals surface area contributed by atoms with E-state index in [0.29, 0.717) is 19.8 Å². The third-order valence-corrected chi connectivity index (χ3v) is 4.05. The molecule has 0 spiro atoms. The summed E-state index contributed by atoms with van der Waals surface area (Å²) in [6.45, 7) is 4.41. The molecule has 0 unspecified atom stereocenters. The van der Waals surface area contributed by atoms with Crippen LogP contribution in [0.3, 0.4) is 0 Å². The minimum absolute atomic E-state index is 0. The zero-order valence-electron chi connectivity index (χ0n) is 16.8. The van der Waals surface area contributed by atoms with Crippen LogP contribution in [0.15, 0.2) is 47.7 Å². The van der Waals surface area contributed by atoms with Gasteiger partial charge in [-0.15, -0.1) is 24.0 Å². The monoisotopic (exact) mass is 501 g/mol. The number of aliphatic imine (C=N–C) groups is 1. The lowest BCUT2D eigenvalue weighted by Crippen LogP contribution is -2.39. The van der Waals surface area contributed by atoms with Crippen molar-refractivity contribution in [3.63, 3.8) is 0 Å². The highest BCUT2D eigenvalue weighted by Gasteiger charge is 2.04. The number of rotatable bonds is 12. The Kier molecular flexibility index (Phi) is 13.3. The molecule has 28 heavy (non-hydrogen) atoms. The molecule has 0 aliphatic carbocycles. The summed E-state index contributed by atoms with van der Waals surface area (Å²) < 4.78 is 12.6. The summed E-state index contributed by atoms with van der Waals surface area (Å²) >= 11 is 0. The molecule has 0 bridgehead atoms. The van der Waals surface area contributed by atoms with Crippen LogP contribution in [0.2, 0.25) is 0 Å². The third kappa shape index (κ3) is 9.52. The lowest BCUT2D eigenvalue weighted by molar-refractivity contribution is 0.0698. The number of hydrogen-bond acceptors (Lipinski definition) is 4. The molecule has 0 aliphatic heterocycles. The molecule has 0 radical (unpaired) electrons. The molecule has 8 heteroatoms. The highest BCUT2D eigenvalue weighted by Crippen LogP contribution is 2.05. The Labute approximate surface area is 185 Å². The van der Waals surface area contributed by atoms with Crippen molar-refractivity contribution in [1.82, 2.24) is 20.2 Å². The molecule has 0 aliphatic rings. The van der Waals surface area contributed by atoms with Crippen LogP contribution >= 0.6 is 24.0 Å². The lowest BCUT2D eigenvalue weighted by Gasteiger charge is -2.13. The molecule has 1 aromatic carbocycles. The maximum absolute atomic E-state index is 5.45. The number of ether oxygens (including phenoxy) is 2. The number of hydrogen-bond donors (Lipinski definition) is 2. The van der Waals surface area contributed by atoms with Crippen molar-refractivity contribution in [2.45, 2.75) is 19.4 Å². The van der Waals surface area contributed by atoms with E-state index in [-0.39, 0.29) is 24.0 Å². The van der Waals surface area contributed by atoms with Gasteiger partial charge in [0.25, 0.3) is 0 Å². The molecule has 1 heterocycles. The summed E-state index contributed by atoms with van der Waals surface area (Å²) in [4.78, 5) is 8.73. The first-order chi connectivity index (χ1) is 13.3. The van der Waals surface area contributed by atoms with E-state index in [4.69, 9.17) is 9.47 Å². The summed E-state index contributed by atoms with van der Waals surface area (Å²) in [6, 6.07) is 10.4. The molecule has 2 aromatic rings.